The molecule has 2 rings (SSSR count). The first kappa shape index (κ1) is 16.8. The van der Waals surface area contributed by atoms with Gasteiger partial charge in [0, 0.05) is 38.9 Å². The van der Waals surface area contributed by atoms with Crippen molar-refractivity contribution in [2.75, 3.05) is 38.1 Å². The smallest absolute Gasteiger partial charge is 0.320 e. The SMILES string of the molecule is CCCn1nccc1NC(=O)NCCN1CCC[C@H](CO)C1. The van der Waals surface area contributed by atoms with Gasteiger partial charge in [0.2, 0.25) is 0 Å². The summed E-state index contributed by atoms with van der Waals surface area (Å²) >= 11 is 0. The molecule has 0 unspecified atom stereocenters. The van der Waals surface area contributed by atoms with E-state index in [1.54, 1.807) is 16.9 Å². The largest absolute Gasteiger partial charge is 0.396 e. The summed E-state index contributed by atoms with van der Waals surface area (Å²) in [5, 5.41) is 19.1. The van der Waals surface area contributed by atoms with Crippen LogP contribution in [0.25, 0.3) is 0 Å². The third-order valence-corrected chi connectivity index (χ3v) is 3.97. The summed E-state index contributed by atoms with van der Waals surface area (Å²) < 4.78 is 1.79. The number of aliphatic hydroxyl groups excluding tert-OH is 1. The predicted molar refractivity (Wildman–Crippen MR) is 85.8 cm³/mol. The van der Waals surface area contributed by atoms with Crippen LogP contribution in [0.3, 0.4) is 0 Å². The van der Waals surface area contributed by atoms with Crippen LogP contribution in [-0.4, -0.2) is 58.6 Å². The first-order chi connectivity index (χ1) is 10.7. The Morgan fingerprint density at radius 2 is 2.36 bits per heavy atom. The van der Waals surface area contributed by atoms with Crippen LogP contribution in [0.1, 0.15) is 26.2 Å². The van der Waals surface area contributed by atoms with E-state index in [1.807, 2.05) is 0 Å². The first-order valence-corrected chi connectivity index (χ1v) is 8.12. The Morgan fingerprint density at radius 1 is 1.50 bits per heavy atom. The fraction of sp³-hybridized carbons (Fsp3) is 0.733. The Kier molecular flexibility index (Phi) is 6.67. The number of likely N-dealkylation sites (tertiary alicyclic amines) is 1. The highest BCUT2D eigenvalue weighted by Crippen LogP contribution is 2.14. The highest BCUT2D eigenvalue weighted by molar-refractivity contribution is 5.88. The molecule has 0 spiro atoms. The molecule has 124 valence electrons. The van der Waals surface area contributed by atoms with E-state index in [2.05, 4.69) is 27.6 Å². The average Bonchev–Trinajstić information content (AvgIpc) is 2.95. The molecule has 7 nitrogen and oxygen atoms in total. The minimum absolute atomic E-state index is 0.200. The van der Waals surface area contributed by atoms with Gasteiger partial charge in [-0.3, -0.25) is 5.32 Å². The molecule has 1 aliphatic heterocycles. The molecule has 1 atom stereocenters. The zero-order valence-electron chi connectivity index (χ0n) is 13.3. The van der Waals surface area contributed by atoms with Gasteiger partial charge in [0.15, 0.2) is 0 Å². The van der Waals surface area contributed by atoms with Crippen LogP contribution in [0.4, 0.5) is 10.6 Å². The summed E-state index contributed by atoms with van der Waals surface area (Å²) in [6, 6.07) is 1.60. The van der Waals surface area contributed by atoms with Gasteiger partial charge in [0.1, 0.15) is 5.82 Å². The minimum Gasteiger partial charge on any atom is -0.396 e. The van der Waals surface area contributed by atoms with E-state index in [1.165, 1.54) is 0 Å². The third kappa shape index (κ3) is 4.99. The number of rotatable bonds is 7. The lowest BCUT2D eigenvalue weighted by atomic mass is 9.99. The number of anilines is 1. The van der Waals surface area contributed by atoms with Crippen molar-refractivity contribution in [3.63, 3.8) is 0 Å². The van der Waals surface area contributed by atoms with Gasteiger partial charge in [-0.25, -0.2) is 9.48 Å². The van der Waals surface area contributed by atoms with Crippen LogP contribution >= 0.6 is 0 Å². The number of urea groups is 1. The maximum atomic E-state index is 11.9. The second-order valence-electron chi connectivity index (χ2n) is 5.81. The number of amides is 2. The van der Waals surface area contributed by atoms with Crippen molar-refractivity contribution < 1.29 is 9.90 Å². The average molecular weight is 309 g/mol. The third-order valence-electron chi connectivity index (χ3n) is 3.97. The Labute approximate surface area is 131 Å². The predicted octanol–water partition coefficient (Wildman–Crippen LogP) is 1.12. The van der Waals surface area contributed by atoms with Gasteiger partial charge < -0.3 is 15.3 Å². The number of carbonyl (C=O) groups is 1. The summed E-state index contributed by atoms with van der Waals surface area (Å²) in [7, 11) is 0. The Bertz CT molecular complexity index is 463. The molecule has 22 heavy (non-hydrogen) atoms. The van der Waals surface area contributed by atoms with Crippen molar-refractivity contribution in [3.8, 4) is 0 Å². The maximum Gasteiger partial charge on any atom is 0.320 e. The van der Waals surface area contributed by atoms with E-state index in [-0.39, 0.29) is 12.6 Å². The fourth-order valence-electron chi connectivity index (χ4n) is 2.82. The molecular weight excluding hydrogens is 282 g/mol. The molecule has 2 amide bonds. The van der Waals surface area contributed by atoms with Crippen LogP contribution in [0, 0.1) is 5.92 Å². The van der Waals surface area contributed by atoms with Crippen molar-refractivity contribution in [1.82, 2.24) is 20.0 Å². The molecule has 7 heteroatoms. The Hall–Kier alpha value is -1.60. The zero-order valence-corrected chi connectivity index (χ0v) is 13.3. The highest BCUT2D eigenvalue weighted by atomic mass is 16.3. The van der Waals surface area contributed by atoms with Gasteiger partial charge in [0.25, 0.3) is 0 Å². The fourth-order valence-corrected chi connectivity index (χ4v) is 2.82. The van der Waals surface area contributed by atoms with Crippen molar-refractivity contribution in [1.29, 1.82) is 0 Å². The number of aliphatic hydroxyl groups is 1. The molecule has 0 saturated carbocycles. The number of aromatic nitrogens is 2. The van der Waals surface area contributed by atoms with Gasteiger partial charge in [-0.15, -0.1) is 0 Å². The van der Waals surface area contributed by atoms with E-state index >= 15 is 0 Å². The second-order valence-corrected chi connectivity index (χ2v) is 5.81. The molecule has 0 aliphatic carbocycles. The van der Waals surface area contributed by atoms with E-state index in [9.17, 15) is 9.90 Å². The van der Waals surface area contributed by atoms with Crippen molar-refractivity contribution in [2.45, 2.75) is 32.7 Å². The highest BCUT2D eigenvalue weighted by Gasteiger charge is 2.18. The van der Waals surface area contributed by atoms with E-state index in [0.717, 1.165) is 51.3 Å². The number of hydrogen-bond donors (Lipinski definition) is 3. The summed E-state index contributed by atoms with van der Waals surface area (Å²) in [5.41, 5.74) is 0. The quantitative estimate of drug-likeness (QED) is 0.705. The number of hydrogen-bond acceptors (Lipinski definition) is 4. The van der Waals surface area contributed by atoms with Gasteiger partial charge in [-0.05, 0) is 31.7 Å². The molecule has 0 aromatic carbocycles. The molecule has 1 aliphatic rings. The van der Waals surface area contributed by atoms with Crippen LogP contribution in [0.2, 0.25) is 0 Å². The molecule has 1 aromatic heterocycles. The topological polar surface area (TPSA) is 82.4 Å². The maximum absolute atomic E-state index is 11.9. The van der Waals surface area contributed by atoms with Gasteiger partial charge >= 0.3 is 6.03 Å². The van der Waals surface area contributed by atoms with Crippen molar-refractivity contribution >= 4 is 11.8 Å². The van der Waals surface area contributed by atoms with Gasteiger partial charge in [0.05, 0.1) is 6.20 Å². The number of aryl methyl sites for hydroxylation is 1. The normalized spacial score (nSPS) is 19.1. The van der Waals surface area contributed by atoms with Crippen LogP contribution in [0.5, 0.6) is 0 Å². The lowest BCUT2D eigenvalue weighted by molar-refractivity contribution is 0.121. The number of nitrogens with one attached hydrogen (secondary N) is 2. The number of carbonyl (C=O) groups excluding carboxylic acids is 1. The lowest BCUT2D eigenvalue weighted by Gasteiger charge is -2.31. The zero-order chi connectivity index (χ0) is 15.8. The lowest BCUT2D eigenvalue weighted by Crippen LogP contribution is -2.42. The summed E-state index contributed by atoms with van der Waals surface area (Å²) in [4.78, 5) is 14.2. The Morgan fingerprint density at radius 3 is 3.14 bits per heavy atom. The van der Waals surface area contributed by atoms with E-state index in [4.69, 9.17) is 0 Å². The van der Waals surface area contributed by atoms with Crippen LogP contribution in [0.15, 0.2) is 12.3 Å². The minimum atomic E-state index is -0.200. The van der Waals surface area contributed by atoms with Gasteiger partial charge in [-0.2, -0.15) is 5.10 Å². The van der Waals surface area contributed by atoms with Crippen molar-refractivity contribution in [3.05, 3.63) is 12.3 Å². The first-order valence-electron chi connectivity index (χ1n) is 8.12. The molecular formula is C15H27N5O2. The van der Waals surface area contributed by atoms with Crippen LogP contribution in [-0.2, 0) is 6.54 Å². The van der Waals surface area contributed by atoms with Crippen molar-refractivity contribution in [2.24, 2.45) is 5.92 Å². The number of piperidine rings is 1. The molecule has 0 radical (unpaired) electrons. The monoisotopic (exact) mass is 309 g/mol. The second kappa shape index (κ2) is 8.75. The summed E-state index contributed by atoms with van der Waals surface area (Å²) in [6.07, 6.45) is 4.88. The van der Waals surface area contributed by atoms with E-state index in [0.29, 0.717) is 12.5 Å². The summed E-state index contributed by atoms with van der Waals surface area (Å²) in [5.74, 6) is 1.10. The van der Waals surface area contributed by atoms with E-state index < -0.39 is 0 Å². The molecule has 1 saturated heterocycles. The molecule has 0 bridgehead atoms. The van der Waals surface area contributed by atoms with Gasteiger partial charge in [-0.1, -0.05) is 6.92 Å². The Balaban J connectivity index is 1.68. The molecule has 2 heterocycles. The molecule has 1 aromatic rings. The number of nitrogens with zero attached hydrogens (tertiary/aromatic N) is 3. The molecule has 3 N–H and O–H groups in total. The summed E-state index contributed by atoms with van der Waals surface area (Å²) in [6.45, 7) is 6.50. The molecule has 1 fully saturated rings. The standard InChI is InChI=1S/C15H27N5O2/c1-2-8-20-14(5-6-17-20)18-15(22)16-7-10-19-9-3-4-13(11-19)12-21/h5-6,13,21H,2-4,7-12H2,1H3,(H2,16,18,22)/t13-/m0/s1. The van der Waals surface area contributed by atoms with Crippen LogP contribution < -0.4 is 10.6 Å².